The highest BCUT2D eigenvalue weighted by Gasteiger charge is 2.54. The molecular weight excluding hydrogens is 833 g/mol. The molecule has 2 aliphatic rings. The number of pyridine rings is 1. The van der Waals surface area contributed by atoms with E-state index in [2.05, 4.69) is 40.9 Å². The quantitative estimate of drug-likeness (QED) is 0.109. The number of aryl methyl sites for hydroxylation is 2. The second-order valence-corrected chi connectivity index (χ2v) is 12.9. The number of amides is 2. The zero-order chi connectivity index (χ0) is 43.5. The number of ketones is 2. The van der Waals surface area contributed by atoms with E-state index in [0.717, 1.165) is 47.5 Å². The highest BCUT2D eigenvalue weighted by Crippen LogP contribution is 2.30. The predicted octanol–water partition coefficient (Wildman–Crippen LogP) is 6.78. The molecule has 0 unspecified atom stereocenters. The molecule has 3 N–H and O–H groups in total. The summed E-state index contributed by atoms with van der Waals surface area (Å²) in [5.74, 6) is -5.90. The Morgan fingerprint density at radius 1 is 0.814 bits per heavy atom. The van der Waals surface area contributed by atoms with E-state index < -0.39 is 36.4 Å². The molecule has 3 aromatic heterocycles. The van der Waals surface area contributed by atoms with Gasteiger partial charge < -0.3 is 20.9 Å². The number of hydrogen-bond acceptors (Lipinski definition) is 12. The number of carbonyl (C=O) groups excluding carboxylic acids is 5. The third-order valence-electron chi connectivity index (χ3n) is 8.13. The molecule has 1 saturated heterocycles. The molecule has 1 aromatic carbocycles. The van der Waals surface area contributed by atoms with Crippen LogP contribution in [0.4, 0.5) is 68.3 Å². The van der Waals surface area contributed by atoms with Crippen LogP contribution in [0.25, 0.3) is 0 Å². The summed E-state index contributed by atoms with van der Waals surface area (Å²) in [6.45, 7) is 1.18. The molecule has 1 fully saturated rings. The van der Waals surface area contributed by atoms with E-state index in [4.69, 9.17) is 16.4 Å². The first-order valence-electron chi connectivity index (χ1n) is 16.9. The number of alkyl halides is 9. The smallest absolute Gasteiger partial charge is 0.339 e. The molecule has 24 heteroatoms. The summed E-state index contributed by atoms with van der Waals surface area (Å²) in [6.07, 6.45) is -4.27. The number of Topliss-reactive ketones (excluding diaryl/α,β-unsaturated/α-hetero) is 2. The van der Waals surface area contributed by atoms with Crippen molar-refractivity contribution in [2.75, 3.05) is 29.0 Å². The van der Waals surface area contributed by atoms with E-state index in [9.17, 15) is 58.7 Å². The van der Waals surface area contributed by atoms with Gasteiger partial charge in [0.1, 0.15) is 10.7 Å². The molecule has 6 bridgehead atoms. The molecule has 2 aliphatic heterocycles. The summed E-state index contributed by atoms with van der Waals surface area (Å²) in [7, 11) is 0. The van der Waals surface area contributed by atoms with Gasteiger partial charge in [-0.15, -0.1) is 0 Å². The van der Waals surface area contributed by atoms with Gasteiger partial charge in [0.2, 0.25) is 18.1 Å². The average Bonchev–Trinajstić information content (AvgIpc) is 3.18. The summed E-state index contributed by atoms with van der Waals surface area (Å²) in [6, 6.07) is 7.81. The van der Waals surface area contributed by atoms with Gasteiger partial charge in [0.05, 0.1) is 24.3 Å². The number of carbonyl (C=O) groups is 5. The number of aldehydes is 1. The number of anilines is 5. The van der Waals surface area contributed by atoms with Crippen molar-refractivity contribution >= 4 is 70.1 Å². The molecular formula is C35H29ClF9N9O5. The van der Waals surface area contributed by atoms with Gasteiger partial charge >= 0.3 is 30.1 Å². The van der Waals surface area contributed by atoms with Crippen molar-refractivity contribution < 1.29 is 63.5 Å². The molecule has 0 spiro atoms. The molecule has 59 heavy (non-hydrogen) atoms. The van der Waals surface area contributed by atoms with Gasteiger partial charge in [-0.25, -0.2) is 9.97 Å². The van der Waals surface area contributed by atoms with E-state index in [1.165, 1.54) is 12.4 Å². The Hall–Kier alpha value is -6.26. The van der Waals surface area contributed by atoms with E-state index >= 15 is 0 Å². The largest absolute Gasteiger partial charge is 0.458 e. The first-order valence-corrected chi connectivity index (χ1v) is 17.2. The molecule has 0 atom stereocenters. The normalized spacial score (nSPS) is 14.1. The maximum Gasteiger partial charge on any atom is 0.458 e. The van der Waals surface area contributed by atoms with Crippen molar-refractivity contribution in [1.29, 1.82) is 0 Å². The summed E-state index contributed by atoms with van der Waals surface area (Å²) in [5.41, 5.74) is 4.71. The van der Waals surface area contributed by atoms with Gasteiger partial charge in [-0.05, 0) is 67.0 Å². The highest BCUT2D eigenvalue weighted by molar-refractivity contribution is 6.41. The lowest BCUT2D eigenvalue weighted by Crippen LogP contribution is -2.39. The molecule has 0 saturated carbocycles. The number of nitrogens with zero attached hydrogens (tertiary/aromatic N) is 6. The number of piperidine rings is 1. The van der Waals surface area contributed by atoms with Crippen molar-refractivity contribution in [2.45, 2.75) is 50.6 Å². The molecule has 6 rings (SSSR count). The molecule has 5 heterocycles. The molecule has 314 valence electrons. The minimum absolute atomic E-state index is 0.0417. The lowest BCUT2D eigenvalue weighted by atomic mass is 9.93. The number of likely N-dealkylation sites (tertiary alicyclic amines) is 1. The van der Waals surface area contributed by atoms with Crippen LogP contribution in [0.15, 0.2) is 61.4 Å². The number of nitrogens with one attached hydrogen (secondary N) is 3. The highest BCUT2D eigenvalue weighted by atomic mass is 35.5. The lowest BCUT2D eigenvalue weighted by molar-refractivity contribution is -0.193. The Balaban J connectivity index is 0.000000358. The van der Waals surface area contributed by atoms with Crippen LogP contribution in [0.1, 0.15) is 40.9 Å². The second-order valence-electron chi connectivity index (χ2n) is 12.5. The summed E-state index contributed by atoms with van der Waals surface area (Å²) < 4.78 is 98.2. The number of aromatic nitrogens is 5. The maximum absolute atomic E-state index is 13.1. The summed E-state index contributed by atoms with van der Waals surface area (Å²) in [5, 5.41) is 9.98. The van der Waals surface area contributed by atoms with E-state index in [0.29, 0.717) is 48.4 Å². The van der Waals surface area contributed by atoms with Crippen LogP contribution < -0.4 is 16.0 Å². The van der Waals surface area contributed by atoms with Crippen LogP contribution in [0.2, 0.25) is 5.02 Å². The Morgan fingerprint density at radius 3 is 2.07 bits per heavy atom. The van der Waals surface area contributed by atoms with Crippen LogP contribution in [-0.4, -0.2) is 91.1 Å². The first kappa shape index (κ1) is 45.4. The fourth-order valence-electron chi connectivity index (χ4n) is 5.39. The molecule has 14 nitrogen and oxygen atoms in total. The fraction of sp³-hybridized carbons (Fsp3) is 0.314. The van der Waals surface area contributed by atoms with Crippen molar-refractivity contribution in [3.63, 3.8) is 0 Å². The van der Waals surface area contributed by atoms with E-state index in [-0.39, 0.29) is 17.7 Å². The third-order valence-corrected chi connectivity index (χ3v) is 8.41. The Bertz CT molecular complexity index is 2130. The van der Waals surface area contributed by atoms with Crippen LogP contribution in [0.5, 0.6) is 0 Å². The van der Waals surface area contributed by atoms with Crippen LogP contribution in [-0.2, 0) is 32.0 Å². The van der Waals surface area contributed by atoms with E-state index in [1.807, 2.05) is 30.5 Å². The van der Waals surface area contributed by atoms with Crippen molar-refractivity contribution in [2.24, 2.45) is 5.92 Å². The van der Waals surface area contributed by atoms with Crippen molar-refractivity contribution in [1.82, 2.24) is 29.8 Å². The van der Waals surface area contributed by atoms with Crippen LogP contribution in [0.3, 0.4) is 0 Å². The fourth-order valence-corrected chi connectivity index (χ4v) is 5.52. The monoisotopic (exact) mass is 861 g/mol. The van der Waals surface area contributed by atoms with E-state index in [1.54, 1.807) is 23.5 Å². The zero-order valence-corrected chi connectivity index (χ0v) is 30.6. The third kappa shape index (κ3) is 14.0. The first-order chi connectivity index (χ1) is 27.6. The number of halogens is 10. The van der Waals surface area contributed by atoms with Gasteiger partial charge in [0.15, 0.2) is 5.82 Å². The summed E-state index contributed by atoms with van der Waals surface area (Å²) >= 11 is 6.37. The van der Waals surface area contributed by atoms with Crippen molar-refractivity contribution in [3.05, 3.63) is 83.3 Å². The molecule has 4 aromatic rings. The van der Waals surface area contributed by atoms with Gasteiger partial charge in [0, 0.05) is 49.5 Å². The van der Waals surface area contributed by atoms with Crippen molar-refractivity contribution in [3.8, 4) is 0 Å². The number of benzene rings is 1. The predicted molar refractivity (Wildman–Crippen MR) is 190 cm³/mol. The maximum atomic E-state index is 13.1. The van der Waals surface area contributed by atoms with Gasteiger partial charge in [-0.1, -0.05) is 11.6 Å². The van der Waals surface area contributed by atoms with Gasteiger partial charge in [0.25, 0.3) is 5.91 Å². The number of rotatable bonds is 5. The lowest BCUT2D eigenvalue weighted by Gasteiger charge is -2.31. The minimum atomic E-state index is -5.77. The Morgan fingerprint density at radius 2 is 1.47 bits per heavy atom. The second kappa shape index (κ2) is 19.5. The standard InChI is InChI=1S/C29H28ClN9O2.C4F6O2.C2HF3O/c30-23-16-34-29-36-22-11-19(14-32-15-22)1-2-20-13-21(35-27(23)38-29)3-4-24(20)37-26(40)12-18-5-9-39(10-6-18)28(41)25-17-31-7-8-33-25;5-3(6,7)1(11)2(12)4(8,9)10;3-2(4,5)1-6/h3-4,7-8,11,13-18H,1-2,5-6,9-10,12H2,(H,37,40)(H2,34,35,36,38);;1H. The zero-order valence-electron chi connectivity index (χ0n) is 29.9. The van der Waals surface area contributed by atoms with Crippen LogP contribution >= 0.6 is 11.6 Å². The average molecular weight is 862 g/mol. The Kier molecular flexibility index (Phi) is 15.0. The molecule has 0 aliphatic carbocycles. The molecule has 2 amide bonds. The molecule has 0 radical (unpaired) electrons. The topological polar surface area (TPSA) is 189 Å². The van der Waals surface area contributed by atoms with Crippen LogP contribution in [0, 0.1) is 5.92 Å². The van der Waals surface area contributed by atoms with Gasteiger partial charge in [-0.2, -0.15) is 44.5 Å². The summed E-state index contributed by atoms with van der Waals surface area (Å²) in [4.78, 5) is 76.8. The van der Waals surface area contributed by atoms with Gasteiger partial charge in [-0.3, -0.25) is 33.9 Å². The number of hydrogen-bond donors (Lipinski definition) is 3. The minimum Gasteiger partial charge on any atom is -0.339 e. The SMILES string of the molecule is O=C(C(=O)C(F)(F)F)C(F)(F)F.O=C(CC1CCN(C(=O)c2cnccn2)CC1)Nc1ccc2cc1CCc1cncc(c1)Nc1ncc(Cl)c(n1)N2.O=CC(F)(F)F. The Labute approximate surface area is 332 Å². The number of fused-ring (bicyclic) bond motifs is 6.